The Kier molecular flexibility index (Phi) is 4.87. The van der Waals surface area contributed by atoms with Gasteiger partial charge in [0.1, 0.15) is 0 Å². The largest absolute Gasteiger partial charge is 0.257 e. The van der Waals surface area contributed by atoms with Crippen LogP contribution in [-0.2, 0) is 0 Å². The topological polar surface area (TPSA) is 15.6 Å². The Bertz CT molecular complexity index is 923. The van der Waals surface area contributed by atoms with Gasteiger partial charge in [-0.2, -0.15) is 5.10 Å². The quantitative estimate of drug-likeness (QED) is 0.411. The Morgan fingerprint density at radius 1 is 1.04 bits per heavy atom. The molecular formula is C19H13BrCl2N2S. The summed E-state index contributed by atoms with van der Waals surface area (Å²) in [6.07, 6.45) is 0.850. The highest BCUT2D eigenvalue weighted by molar-refractivity contribution is 9.10. The van der Waals surface area contributed by atoms with Crippen molar-refractivity contribution in [3.8, 4) is 0 Å². The Morgan fingerprint density at radius 3 is 2.52 bits per heavy atom. The molecule has 1 aromatic heterocycles. The first-order valence-electron chi connectivity index (χ1n) is 7.73. The van der Waals surface area contributed by atoms with Gasteiger partial charge in [0.05, 0.1) is 27.5 Å². The standard InChI is InChI=1S/C19H13BrCl2N2S/c20-13-5-3-12(4-6-13)17-11-18(19-2-1-9-25-19)24(23-17)14-7-8-15(21)16(22)10-14/h1-10,18H,11H2/t18-/m0/s1. The first-order chi connectivity index (χ1) is 12.1. The lowest BCUT2D eigenvalue weighted by molar-refractivity contribution is 0.722. The van der Waals surface area contributed by atoms with E-state index in [2.05, 4.69) is 45.6 Å². The molecule has 2 nitrogen and oxygen atoms in total. The molecule has 0 radical (unpaired) electrons. The van der Waals surface area contributed by atoms with Crippen molar-refractivity contribution in [2.75, 3.05) is 5.01 Å². The van der Waals surface area contributed by atoms with Crippen LogP contribution >= 0.6 is 50.5 Å². The van der Waals surface area contributed by atoms with Crippen LogP contribution in [0.3, 0.4) is 0 Å². The maximum absolute atomic E-state index is 6.23. The van der Waals surface area contributed by atoms with E-state index in [-0.39, 0.29) is 6.04 Å². The first kappa shape index (κ1) is 17.1. The lowest BCUT2D eigenvalue weighted by atomic mass is 10.0. The van der Waals surface area contributed by atoms with Gasteiger partial charge in [0.2, 0.25) is 0 Å². The van der Waals surface area contributed by atoms with Gasteiger partial charge >= 0.3 is 0 Å². The lowest BCUT2D eigenvalue weighted by Crippen LogP contribution is -2.17. The highest BCUT2D eigenvalue weighted by Gasteiger charge is 2.30. The van der Waals surface area contributed by atoms with E-state index in [1.165, 1.54) is 4.88 Å². The Morgan fingerprint density at radius 2 is 1.84 bits per heavy atom. The Balaban J connectivity index is 1.75. The molecule has 0 saturated heterocycles. The summed E-state index contributed by atoms with van der Waals surface area (Å²) in [5.74, 6) is 0. The van der Waals surface area contributed by atoms with Gasteiger partial charge in [-0.15, -0.1) is 11.3 Å². The molecule has 1 atom stereocenters. The van der Waals surface area contributed by atoms with Gasteiger partial charge in [0.25, 0.3) is 0 Å². The minimum absolute atomic E-state index is 0.163. The first-order valence-corrected chi connectivity index (χ1v) is 10.2. The lowest BCUT2D eigenvalue weighted by Gasteiger charge is -2.23. The van der Waals surface area contributed by atoms with Gasteiger partial charge in [-0.3, -0.25) is 5.01 Å². The van der Waals surface area contributed by atoms with E-state index in [1.807, 2.05) is 35.3 Å². The molecule has 0 saturated carbocycles. The summed E-state index contributed by atoms with van der Waals surface area (Å²) in [7, 11) is 0. The molecule has 0 bridgehead atoms. The third kappa shape index (κ3) is 3.49. The van der Waals surface area contributed by atoms with Crippen LogP contribution in [0.15, 0.2) is 69.6 Å². The second-order valence-corrected chi connectivity index (χ2v) is 8.44. The fourth-order valence-corrected chi connectivity index (χ4v) is 4.26. The number of nitrogens with zero attached hydrogens (tertiary/aromatic N) is 2. The number of thiophene rings is 1. The van der Waals surface area contributed by atoms with Crippen LogP contribution < -0.4 is 5.01 Å². The molecule has 0 aliphatic carbocycles. The van der Waals surface area contributed by atoms with Crippen molar-refractivity contribution in [2.45, 2.75) is 12.5 Å². The van der Waals surface area contributed by atoms with Gasteiger partial charge in [-0.05, 0) is 47.3 Å². The van der Waals surface area contributed by atoms with Gasteiger partial charge in [0, 0.05) is 15.8 Å². The summed E-state index contributed by atoms with van der Waals surface area (Å²) in [6.45, 7) is 0. The molecule has 126 valence electrons. The number of benzene rings is 2. The molecule has 1 aliphatic heterocycles. The zero-order chi connectivity index (χ0) is 17.4. The molecular weight excluding hydrogens is 439 g/mol. The van der Waals surface area contributed by atoms with Crippen LogP contribution in [0.2, 0.25) is 10.0 Å². The average Bonchev–Trinajstić information content (AvgIpc) is 3.27. The van der Waals surface area contributed by atoms with E-state index in [9.17, 15) is 0 Å². The van der Waals surface area contributed by atoms with Crippen molar-refractivity contribution in [3.63, 3.8) is 0 Å². The summed E-state index contributed by atoms with van der Waals surface area (Å²) in [4.78, 5) is 1.28. The number of hydrazone groups is 1. The molecule has 4 rings (SSSR count). The molecule has 25 heavy (non-hydrogen) atoms. The fourth-order valence-electron chi connectivity index (χ4n) is 2.90. The van der Waals surface area contributed by atoms with Crippen LogP contribution in [0.4, 0.5) is 5.69 Å². The second-order valence-electron chi connectivity index (χ2n) is 5.73. The highest BCUT2D eigenvalue weighted by atomic mass is 79.9. The van der Waals surface area contributed by atoms with Crippen molar-refractivity contribution in [1.82, 2.24) is 0 Å². The highest BCUT2D eigenvalue weighted by Crippen LogP contribution is 2.40. The number of halogens is 3. The summed E-state index contributed by atoms with van der Waals surface area (Å²) >= 11 is 17.5. The zero-order valence-corrected chi connectivity index (χ0v) is 16.9. The van der Waals surface area contributed by atoms with Gasteiger partial charge in [-0.1, -0.05) is 57.3 Å². The average molecular weight is 452 g/mol. The monoisotopic (exact) mass is 450 g/mol. The number of hydrogen-bond donors (Lipinski definition) is 0. The van der Waals surface area contributed by atoms with Gasteiger partial charge in [-0.25, -0.2) is 0 Å². The van der Waals surface area contributed by atoms with Crippen LogP contribution in [0.5, 0.6) is 0 Å². The van der Waals surface area contributed by atoms with E-state index in [0.717, 1.165) is 27.9 Å². The maximum atomic E-state index is 6.23. The molecule has 2 heterocycles. The van der Waals surface area contributed by atoms with Crippen molar-refractivity contribution in [3.05, 3.63) is 84.9 Å². The SMILES string of the molecule is Clc1ccc(N2N=C(c3ccc(Br)cc3)C[C@H]2c2cccs2)cc1Cl. The van der Waals surface area contributed by atoms with Crippen molar-refractivity contribution >= 4 is 61.9 Å². The summed E-state index contributed by atoms with van der Waals surface area (Å²) in [5.41, 5.74) is 3.14. The normalized spacial score (nSPS) is 17.0. The Hall–Kier alpha value is -1.33. The van der Waals surface area contributed by atoms with Crippen molar-refractivity contribution in [2.24, 2.45) is 5.10 Å². The third-order valence-electron chi connectivity index (χ3n) is 4.13. The predicted molar refractivity (Wildman–Crippen MR) is 111 cm³/mol. The molecule has 0 fully saturated rings. The Labute approximate surface area is 168 Å². The number of rotatable bonds is 3. The molecule has 0 spiro atoms. The minimum Gasteiger partial charge on any atom is -0.257 e. The molecule has 6 heteroatoms. The van der Waals surface area contributed by atoms with Crippen molar-refractivity contribution in [1.29, 1.82) is 0 Å². The van der Waals surface area contributed by atoms with Gasteiger partial charge < -0.3 is 0 Å². The van der Waals surface area contributed by atoms with Gasteiger partial charge in [0.15, 0.2) is 0 Å². The van der Waals surface area contributed by atoms with Crippen LogP contribution in [-0.4, -0.2) is 5.71 Å². The molecule has 2 aromatic carbocycles. The second kappa shape index (κ2) is 7.12. The van der Waals surface area contributed by atoms with Crippen LogP contribution in [0, 0.1) is 0 Å². The summed E-state index contributed by atoms with van der Waals surface area (Å²) in [5, 5.41) is 10.1. The summed E-state index contributed by atoms with van der Waals surface area (Å²) < 4.78 is 1.06. The van der Waals surface area contributed by atoms with E-state index in [4.69, 9.17) is 28.3 Å². The maximum Gasteiger partial charge on any atom is 0.0923 e. The fraction of sp³-hybridized carbons (Fsp3) is 0.105. The zero-order valence-electron chi connectivity index (χ0n) is 13.0. The van der Waals surface area contributed by atoms with E-state index in [1.54, 1.807) is 11.3 Å². The van der Waals surface area contributed by atoms with E-state index >= 15 is 0 Å². The molecule has 1 aliphatic rings. The molecule has 0 N–H and O–H groups in total. The minimum atomic E-state index is 0.163. The van der Waals surface area contributed by atoms with Crippen LogP contribution in [0.1, 0.15) is 22.9 Å². The molecule has 0 amide bonds. The van der Waals surface area contributed by atoms with Crippen LogP contribution in [0.25, 0.3) is 0 Å². The number of anilines is 1. The van der Waals surface area contributed by atoms with E-state index in [0.29, 0.717) is 10.0 Å². The molecule has 0 unspecified atom stereocenters. The van der Waals surface area contributed by atoms with E-state index < -0.39 is 0 Å². The molecule has 3 aromatic rings. The predicted octanol–water partition coefficient (Wildman–Crippen LogP) is 7.17. The smallest absolute Gasteiger partial charge is 0.0923 e. The third-order valence-corrected chi connectivity index (χ3v) is 6.37. The summed E-state index contributed by atoms with van der Waals surface area (Å²) in [6, 6.07) is 18.3. The van der Waals surface area contributed by atoms with Crippen molar-refractivity contribution < 1.29 is 0 Å². The number of hydrogen-bond acceptors (Lipinski definition) is 3.